The zero-order valence-corrected chi connectivity index (χ0v) is 16.2. The molecule has 28 heavy (non-hydrogen) atoms. The summed E-state index contributed by atoms with van der Waals surface area (Å²) < 4.78 is 10.7. The summed E-state index contributed by atoms with van der Waals surface area (Å²) in [5, 5.41) is 3.16. The Labute approximate surface area is 162 Å². The zero-order chi connectivity index (χ0) is 20.4. The highest BCUT2D eigenvalue weighted by Crippen LogP contribution is 2.20. The van der Waals surface area contributed by atoms with E-state index in [1.807, 2.05) is 39.0 Å². The minimum absolute atomic E-state index is 0.243. The van der Waals surface area contributed by atoms with Crippen LogP contribution in [0, 0.1) is 20.8 Å². The Morgan fingerprint density at radius 2 is 1.71 bits per heavy atom. The van der Waals surface area contributed by atoms with Crippen LogP contribution in [0.2, 0.25) is 0 Å². The van der Waals surface area contributed by atoms with Crippen molar-refractivity contribution in [2.24, 2.45) is 0 Å². The average molecular weight is 379 g/mol. The Kier molecular flexibility index (Phi) is 5.31. The van der Waals surface area contributed by atoms with Gasteiger partial charge < -0.3 is 14.5 Å². The number of fused-ring (bicyclic) bond motifs is 1. The lowest BCUT2D eigenvalue weighted by molar-refractivity contribution is -0.123. The third kappa shape index (κ3) is 3.96. The van der Waals surface area contributed by atoms with Crippen LogP contribution in [0.15, 0.2) is 51.7 Å². The van der Waals surface area contributed by atoms with Crippen molar-refractivity contribution in [2.75, 3.05) is 5.32 Å². The van der Waals surface area contributed by atoms with Crippen LogP contribution in [0.4, 0.5) is 5.69 Å². The average Bonchev–Trinajstić information content (AvgIpc) is 2.65. The highest BCUT2D eigenvalue weighted by Gasteiger charge is 2.22. The first-order chi connectivity index (χ1) is 13.3. The second-order valence-electron chi connectivity index (χ2n) is 6.78. The SMILES string of the molecule is Cc1ccc2oc(C(=O)O[C@@H](C)C(=O)Nc3c(C)cccc3C)cc(=O)c2c1. The topological polar surface area (TPSA) is 85.6 Å². The molecule has 1 aromatic heterocycles. The Bertz CT molecular complexity index is 1110. The molecule has 3 aromatic rings. The number of amides is 1. The van der Waals surface area contributed by atoms with Crippen molar-refractivity contribution >= 4 is 28.5 Å². The number of rotatable bonds is 4. The number of hydrogen-bond donors (Lipinski definition) is 1. The second-order valence-corrected chi connectivity index (χ2v) is 6.78. The van der Waals surface area contributed by atoms with Crippen molar-refractivity contribution in [3.8, 4) is 0 Å². The lowest BCUT2D eigenvalue weighted by Gasteiger charge is -2.16. The van der Waals surface area contributed by atoms with Crippen molar-refractivity contribution in [1.82, 2.24) is 0 Å². The number of esters is 1. The van der Waals surface area contributed by atoms with Gasteiger partial charge in [-0.1, -0.05) is 29.8 Å². The monoisotopic (exact) mass is 379 g/mol. The molecule has 0 saturated carbocycles. The number of anilines is 1. The van der Waals surface area contributed by atoms with Gasteiger partial charge in [-0.15, -0.1) is 0 Å². The fourth-order valence-corrected chi connectivity index (χ4v) is 2.88. The Morgan fingerprint density at radius 3 is 2.39 bits per heavy atom. The van der Waals surface area contributed by atoms with Gasteiger partial charge in [-0.25, -0.2) is 4.79 Å². The van der Waals surface area contributed by atoms with Crippen LogP contribution in [0.3, 0.4) is 0 Å². The number of nitrogens with one attached hydrogen (secondary N) is 1. The zero-order valence-electron chi connectivity index (χ0n) is 16.2. The molecule has 144 valence electrons. The summed E-state index contributed by atoms with van der Waals surface area (Å²) in [4.78, 5) is 37.0. The lowest BCUT2D eigenvalue weighted by atomic mass is 10.1. The molecule has 0 aliphatic carbocycles. The van der Waals surface area contributed by atoms with Crippen molar-refractivity contribution in [3.63, 3.8) is 0 Å². The van der Waals surface area contributed by atoms with Gasteiger partial charge in [-0.05, 0) is 51.0 Å². The number of aryl methyl sites for hydroxylation is 3. The van der Waals surface area contributed by atoms with Crippen LogP contribution >= 0.6 is 0 Å². The molecule has 0 radical (unpaired) electrons. The Balaban J connectivity index is 1.77. The summed E-state index contributed by atoms with van der Waals surface area (Å²) in [5.41, 5.74) is 3.35. The van der Waals surface area contributed by atoms with Crippen LogP contribution in [-0.2, 0) is 9.53 Å². The molecule has 0 spiro atoms. The third-order valence-electron chi connectivity index (χ3n) is 4.47. The van der Waals surface area contributed by atoms with Crippen LogP contribution in [0.25, 0.3) is 11.0 Å². The summed E-state index contributed by atoms with van der Waals surface area (Å²) in [6.45, 7) is 7.08. The van der Waals surface area contributed by atoms with E-state index in [9.17, 15) is 14.4 Å². The molecular formula is C22H21NO5. The first kappa shape index (κ1) is 19.4. The Hall–Kier alpha value is -3.41. The summed E-state index contributed by atoms with van der Waals surface area (Å²) in [6, 6.07) is 11.8. The number of carbonyl (C=O) groups excluding carboxylic acids is 2. The summed E-state index contributed by atoms with van der Waals surface area (Å²) in [6.07, 6.45) is -1.06. The standard InChI is InChI=1S/C22H21NO5/c1-12-8-9-18-16(10-12)17(24)11-19(28-18)22(26)27-15(4)21(25)23-20-13(2)6-5-7-14(20)3/h5-11,15H,1-4H3,(H,23,25)/t15-/m0/s1. The van der Waals surface area contributed by atoms with Crippen molar-refractivity contribution in [3.05, 3.63) is 75.1 Å². The molecule has 0 fully saturated rings. The van der Waals surface area contributed by atoms with Crippen molar-refractivity contribution < 1.29 is 18.7 Å². The van der Waals surface area contributed by atoms with Gasteiger partial charge in [0, 0.05) is 11.8 Å². The maximum absolute atomic E-state index is 12.4. The molecule has 0 saturated heterocycles. The summed E-state index contributed by atoms with van der Waals surface area (Å²) in [5.74, 6) is -1.58. The number of ether oxygens (including phenoxy) is 1. The van der Waals surface area contributed by atoms with Gasteiger partial charge in [0.15, 0.2) is 11.5 Å². The van der Waals surface area contributed by atoms with Gasteiger partial charge in [-0.3, -0.25) is 9.59 Å². The van der Waals surface area contributed by atoms with Crippen LogP contribution < -0.4 is 10.7 Å². The van der Waals surface area contributed by atoms with E-state index in [0.29, 0.717) is 11.1 Å². The molecule has 3 rings (SSSR count). The molecule has 0 bridgehead atoms. The first-order valence-corrected chi connectivity index (χ1v) is 8.89. The van der Waals surface area contributed by atoms with Gasteiger partial charge in [0.1, 0.15) is 5.58 Å². The first-order valence-electron chi connectivity index (χ1n) is 8.89. The van der Waals surface area contributed by atoms with E-state index in [4.69, 9.17) is 9.15 Å². The molecule has 6 nitrogen and oxygen atoms in total. The van der Waals surface area contributed by atoms with E-state index < -0.39 is 18.0 Å². The van der Waals surface area contributed by atoms with Gasteiger partial charge in [0.25, 0.3) is 5.91 Å². The van der Waals surface area contributed by atoms with Crippen molar-refractivity contribution in [2.45, 2.75) is 33.8 Å². The van der Waals surface area contributed by atoms with E-state index in [0.717, 1.165) is 22.8 Å². The molecule has 6 heteroatoms. The maximum Gasteiger partial charge on any atom is 0.375 e. The molecule has 1 amide bonds. The highest BCUT2D eigenvalue weighted by molar-refractivity contribution is 5.98. The predicted octanol–water partition coefficient (Wildman–Crippen LogP) is 3.90. The minimum atomic E-state index is -1.06. The maximum atomic E-state index is 12.4. The van der Waals surface area contributed by atoms with Gasteiger partial charge in [0.05, 0.1) is 5.39 Å². The number of carbonyl (C=O) groups is 2. The molecule has 1 N–H and O–H groups in total. The second kappa shape index (κ2) is 7.68. The van der Waals surface area contributed by atoms with Gasteiger partial charge >= 0.3 is 5.97 Å². The molecule has 1 atom stereocenters. The third-order valence-corrected chi connectivity index (χ3v) is 4.47. The quantitative estimate of drug-likeness (QED) is 0.695. The van der Waals surface area contributed by atoms with E-state index in [-0.39, 0.29) is 16.8 Å². The number of hydrogen-bond acceptors (Lipinski definition) is 5. The number of benzene rings is 2. The van der Waals surface area contributed by atoms with E-state index in [1.54, 1.807) is 18.2 Å². The molecule has 0 aliphatic rings. The summed E-state index contributed by atoms with van der Waals surface area (Å²) in [7, 11) is 0. The lowest BCUT2D eigenvalue weighted by Crippen LogP contribution is -2.30. The van der Waals surface area contributed by atoms with E-state index in [1.165, 1.54) is 6.92 Å². The highest BCUT2D eigenvalue weighted by atomic mass is 16.6. The minimum Gasteiger partial charge on any atom is -0.449 e. The molecule has 0 unspecified atom stereocenters. The largest absolute Gasteiger partial charge is 0.449 e. The van der Waals surface area contributed by atoms with Gasteiger partial charge in [-0.2, -0.15) is 0 Å². The normalized spacial score (nSPS) is 11.9. The fourth-order valence-electron chi connectivity index (χ4n) is 2.88. The molecular weight excluding hydrogens is 358 g/mol. The molecule has 0 aliphatic heterocycles. The fraction of sp³-hybridized carbons (Fsp3) is 0.227. The van der Waals surface area contributed by atoms with Crippen LogP contribution in [-0.4, -0.2) is 18.0 Å². The molecule has 1 heterocycles. The Morgan fingerprint density at radius 1 is 1.04 bits per heavy atom. The summed E-state index contributed by atoms with van der Waals surface area (Å²) >= 11 is 0. The van der Waals surface area contributed by atoms with E-state index >= 15 is 0 Å². The smallest absolute Gasteiger partial charge is 0.375 e. The molecule has 2 aromatic carbocycles. The van der Waals surface area contributed by atoms with E-state index in [2.05, 4.69) is 5.32 Å². The predicted molar refractivity (Wildman–Crippen MR) is 107 cm³/mol. The van der Waals surface area contributed by atoms with Crippen LogP contribution in [0.1, 0.15) is 34.2 Å². The van der Waals surface area contributed by atoms with Crippen LogP contribution in [0.5, 0.6) is 0 Å². The van der Waals surface area contributed by atoms with Crippen molar-refractivity contribution in [1.29, 1.82) is 0 Å². The number of para-hydroxylation sites is 1. The van der Waals surface area contributed by atoms with Gasteiger partial charge in [0.2, 0.25) is 5.76 Å².